The number of tetrazole rings is 1. The number of rotatable bonds is 5. The van der Waals surface area contributed by atoms with E-state index in [1.807, 2.05) is 0 Å². The number of aromatic nitrogens is 4. The van der Waals surface area contributed by atoms with Gasteiger partial charge in [0.1, 0.15) is 11.9 Å². The first-order valence-corrected chi connectivity index (χ1v) is 11.2. The third kappa shape index (κ3) is 4.19. The van der Waals surface area contributed by atoms with E-state index in [0.717, 1.165) is 0 Å². The van der Waals surface area contributed by atoms with E-state index in [1.54, 1.807) is 25.1 Å². The summed E-state index contributed by atoms with van der Waals surface area (Å²) in [6.45, 7) is 1.91. The zero-order valence-corrected chi connectivity index (χ0v) is 17.6. The number of nitrogens with zero attached hydrogens (tertiary/aromatic N) is 5. The average molecular weight is 444 g/mol. The van der Waals surface area contributed by atoms with Crippen molar-refractivity contribution in [2.75, 3.05) is 11.9 Å². The highest BCUT2D eigenvalue weighted by Gasteiger charge is 2.37. The molecule has 0 radical (unpaired) electrons. The highest BCUT2D eigenvalue weighted by atomic mass is 32.2. The van der Waals surface area contributed by atoms with Crippen LogP contribution in [0.5, 0.6) is 0 Å². The summed E-state index contributed by atoms with van der Waals surface area (Å²) in [5.41, 5.74) is 0.400. The fourth-order valence-corrected chi connectivity index (χ4v) is 5.29. The second-order valence-electron chi connectivity index (χ2n) is 7.23. The van der Waals surface area contributed by atoms with Crippen LogP contribution in [0.25, 0.3) is 5.69 Å². The van der Waals surface area contributed by atoms with Crippen LogP contribution < -0.4 is 5.32 Å². The minimum atomic E-state index is -3.86. The minimum absolute atomic E-state index is 0.0694. The second kappa shape index (κ2) is 8.52. The fourth-order valence-electron chi connectivity index (χ4n) is 3.61. The number of hydrogen-bond donors (Lipinski definition) is 1. The quantitative estimate of drug-likeness (QED) is 0.647. The maximum atomic E-state index is 14.4. The molecule has 1 N–H and O–H groups in total. The first kappa shape index (κ1) is 21.1. The van der Waals surface area contributed by atoms with Gasteiger partial charge in [0.05, 0.1) is 16.3 Å². The van der Waals surface area contributed by atoms with Crippen LogP contribution in [0.3, 0.4) is 0 Å². The molecule has 0 spiro atoms. The van der Waals surface area contributed by atoms with Crippen molar-refractivity contribution in [3.8, 4) is 5.69 Å². The molecule has 2 aromatic carbocycles. The average Bonchev–Trinajstić information content (AvgIpc) is 3.21. The third-order valence-corrected chi connectivity index (χ3v) is 7.11. The van der Waals surface area contributed by atoms with Crippen LogP contribution >= 0.6 is 0 Å². The summed E-state index contributed by atoms with van der Waals surface area (Å²) in [5, 5.41) is 13.7. The molecule has 0 saturated carbocycles. The lowest BCUT2D eigenvalue weighted by atomic mass is 10.0. The van der Waals surface area contributed by atoms with E-state index in [0.29, 0.717) is 30.8 Å². The number of amides is 1. The number of anilines is 1. The molecule has 2 heterocycles. The van der Waals surface area contributed by atoms with Crippen LogP contribution in [0.4, 0.5) is 10.1 Å². The molecule has 1 aromatic heterocycles. The Bertz CT molecular complexity index is 1200. The predicted molar refractivity (Wildman–Crippen MR) is 110 cm³/mol. The number of hydrogen-bond acceptors (Lipinski definition) is 6. The first-order chi connectivity index (χ1) is 14.9. The molecular weight excluding hydrogens is 423 g/mol. The van der Waals surface area contributed by atoms with Crippen LogP contribution in [0, 0.1) is 12.7 Å². The van der Waals surface area contributed by atoms with Gasteiger partial charge < -0.3 is 5.32 Å². The van der Waals surface area contributed by atoms with Crippen LogP contribution in [0.2, 0.25) is 0 Å². The van der Waals surface area contributed by atoms with Gasteiger partial charge in [0.2, 0.25) is 15.9 Å². The van der Waals surface area contributed by atoms with Gasteiger partial charge in [0, 0.05) is 6.54 Å². The van der Waals surface area contributed by atoms with E-state index in [-0.39, 0.29) is 17.1 Å². The maximum absolute atomic E-state index is 14.4. The van der Waals surface area contributed by atoms with Crippen LogP contribution in [0.15, 0.2) is 53.4 Å². The summed E-state index contributed by atoms with van der Waals surface area (Å²) in [7, 11) is -3.86. The molecule has 1 atom stereocenters. The lowest BCUT2D eigenvalue weighted by Crippen LogP contribution is -2.49. The lowest BCUT2D eigenvalue weighted by molar-refractivity contribution is -0.120. The number of sulfonamides is 1. The Morgan fingerprint density at radius 2 is 1.94 bits per heavy atom. The number of aryl methyl sites for hydroxylation is 1. The Balaban J connectivity index is 1.61. The van der Waals surface area contributed by atoms with E-state index >= 15 is 0 Å². The van der Waals surface area contributed by atoms with E-state index in [2.05, 4.69) is 20.8 Å². The molecule has 1 saturated heterocycles. The number of benzene rings is 2. The van der Waals surface area contributed by atoms with Crippen molar-refractivity contribution in [2.45, 2.75) is 37.1 Å². The van der Waals surface area contributed by atoms with Crippen LogP contribution in [-0.2, 0) is 14.8 Å². The summed E-state index contributed by atoms with van der Waals surface area (Å²) in [4.78, 5) is 13.2. The largest absolute Gasteiger partial charge is 0.322 e. The van der Waals surface area contributed by atoms with Crippen molar-refractivity contribution in [3.05, 3.63) is 60.2 Å². The fraction of sp³-hybridized carbons (Fsp3) is 0.300. The Labute approximate surface area is 178 Å². The van der Waals surface area contributed by atoms with E-state index in [4.69, 9.17) is 0 Å². The van der Waals surface area contributed by atoms with Crippen molar-refractivity contribution in [1.82, 2.24) is 24.5 Å². The van der Waals surface area contributed by atoms with Crippen molar-refractivity contribution >= 4 is 21.6 Å². The van der Waals surface area contributed by atoms with Gasteiger partial charge in [0.15, 0.2) is 5.82 Å². The smallest absolute Gasteiger partial charge is 0.243 e. The van der Waals surface area contributed by atoms with E-state index in [1.165, 1.54) is 39.3 Å². The zero-order valence-electron chi connectivity index (χ0n) is 16.8. The summed E-state index contributed by atoms with van der Waals surface area (Å²) in [5.74, 6) is -0.726. The number of piperidine rings is 1. The van der Waals surface area contributed by atoms with E-state index < -0.39 is 27.8 Å². The Morgan fingerprint density at radius 3 is 2.65 bits per heavy atom. The highest BCUT2D eigenvalue weighted by molar-refractivity contribution is 7.89. The molecule has 31 heavy (non-hydrogen) atoms. The standard InChI is InChI=1S/C20H21FN6O3S/c1-14-23-24-25-27(14)15-10-11-17(21)18(13-15)22-20(28)19-9-5-6-12-26(19)31(29,30)16-7-3-2-4-8-16/h2-4,7-8,10-11,13,19H,5-6,9,12H2,1H3,(H,22,28). The molecule has 0 bridgehead atoms. The molecule has 11 heteroatoms. The molecule has 0 aliphatic carbocycles. The van der Waals surface area contributed by atoms with Crippen molar-refractivity contribution in [1.29, 1.82) is 0 Å². The molecule has 162 valence electrons. The molecule has 1 amide bonds. The molecule has 9 nitrogen and oxygen atoms in total. The topological polar surface area (TPSA) is 110 Å². The summed E-state index contributed by atoms with van der Waals surface area (Å²) in [6, 6.07) is 11.1. The van der Waals surface area contributed by atoms with Gasteiger partial charge in [-0.15, -0.1) is 5.10 Å². The van der Waals surface area contributed by atoms with Gasteiger partial charge in [0.25, 0.3) is 0 Å². The number of carbonyl (C=O) groups is 1. The van der Waals surface area contributed by atoms with Gasteiger partial charge in [-0.3, -0.25) is 4.79 Å². The van der Waals surface area contributed by atoms with Gasteiger partial charge >= 0.3 is 0 Å². The molecule has 1 unspecified atom stereocenters. The first-order valence-electron chi connectivity index (χ1n) is 9.80. The Hall–Kier alpha value is -3.18. The second-order valence-corrected chi connectivity index (χ2v) is 9.12. The minimum Gasteiger partial charge on any atom is -0.322 e. The number of halogens is 1. The summed E-state index contributed by atoms with van der Waals surface area (Å²) < 4.78 is 43.3. The highest BCUT2D eigenvalue weighted by Crippen LogP contribution is 2.27. The van der Waals surface area contributed by atoms with Gasteiger partial charge in [-0.25, -0.2) is 12.8 Å². The molecule has 1 aliphatic heterocycles. The maximum Gasteiger partial charge on any atom is 0.243 e. The summed E-state index contributed by atoms with van der Waals surface area (Å²) >= 11 is 0. The molecule has 1 aliphatic rings. The normalized spacial score (nSPS) is 17.4. The number of nitrogens with one attached hydrogen (secondary N) is 1. The van der Waals surface area contributed by atoms with Crippen molar-refractivity contribution < 1.29 is 17.6 Å². The van der Waals surface area contributed by atoms with Crippen LogP contribution in [-0.4, -0.2) is 51.4 Å². The van der Waals surface area contributed by atoms with Gasteiger partial charge in [-0.05, 0) is 60.5 Å². The summed E-state index contributed by atoms with van der Waals surface area (Å²) in [6.07, 6.45) is 1.70. The van der Waals surface area contributed by atoms with Gasteiger partial charge in [-0.2, -0.15) is 8.99 Å². The van der Waals surface area contributed by atoms with Gasteiger partial charge in [-0.1, -0.05) is 24.6 Å². The molecule has 1 fully saturated rings. The van der Waals surface area contributed by atoms with Crippen molar-refractivity contribution in [3.63, 3.8) is 0 Å². The Morgan fingerprint density at radius 1 is 1.16 bits per heavy atom. The molecule has 4 rings (SSSR count). The number of carbonyl (C=O) groups excluding carboxylic acids is 1. The molecule has 3 aromatic rings. The zero-order chi connectivity index (χ0) is 22.0. The van der Waals surface area contributed by atoms with Crippen LogP contribution in [0.1, 0.15) is 25.1 Å². The predicted octanol–water partition coefficient (Wildman–Crippen LogP) is 2.29. The Kier molecular flexibility index (Phi) is 5.79. The monoisotopic (exact) mass is 444 g/mol. The SMILES string of the molecule is Cc1nnnn1-c1ccc(F)c(NC(=O)C2CCCCN2S(=O)(=O)c2ccccc2)c1. The van der Waals surface area contributed by atoms with E-state index in [9.17, 15) is 17.6 Å². The lowest BCUT2D eigenvalue weighted by Gasteiger charge is -2.33. The molecular formula is C20H21FN6O3S. The van der Waals surface area contributed by atoms with Crippen molar-refractivity contribution in [2.24, 2.45) is 0 Å². The third-order valence-electron chi connectivity index (χ3n) is 5.18.